The van der Waals surface area contributed by atoms with Gasteiger partial charge >= 0.3 is 0 Å². The van der Waals surface area contributed by atoms with Crippen molar-refractivity contribution in [3.63, 3.8) is 0 Å². The monoisotopic (exact) mass is 417 g/mol. The number of amides is 2. The van der Waals surface area contributed by atoms with Gasteiger partial charge in [-0.3, -0.25) is 14.6 Å². The number of hydrogen-bond acceptors (Lipinski definition) is 3. The third-order valence-corrected chi connectivity index (χ3v) is 7.74. The number of nitrogens with zero attached hydrogens (tertiary/aromatic N) is 3. The summed E-state index contributed by atoms with van der Waals surface area (Å²) in [5, 5.41) is 0. The van der Waals surface area contributed by atoms with E-state index in [9.17, 15) is 9.59 Å². The van der Waals surface area contributed by atoms with E-state index in [2.05, 4.69) is 34.1 Å². The number of hydrogen-bond donors (Lipinski definition) is 0. The molecule has 2 saturated heterocycles. The number of benzene rings is 1. The quantitative estimate of drug-likeness (QED) is 0.690. The third-order valence-electron chi connectivity index (χ3n) is 7.74. The molecule has 1 aliphatic carbocycles. The molecule has 0 N–H and O–H groups in total. The van der Waals surface area contributed by atoms with Crippen LogP contribution in [0, 0.1) is 12.3 Å². The molecule has 3 heterocycles. The van der Waals surface area contributed by atoms with Crippen molar-refractivity contribution in [1.82, 2.24) is 14.8 Å². The van der Waals surface area contributed by atoms with E-state index >= 15 is 0 Å². The van der Waals surface area contributed by atoms with Crippen LogP contribution < -0.4 is 0 Å². The first-order chi connectivity index (χ1) is 15.1. The fraction of sp³-hybridized carbons (Fsp3) is 0.500. The highest BCUT2D eigenvalue weighted by Gasteiger charge is 2.62. The highest BCUT2D eigenvalue weighted by atomic mass is 16.2. The molecule has 1 spiro atoms. The first-order valence-corrected chi connectivity index (χ1v) is 11.7. The van der Waals surface area contributed by atoms with E-state index in [1.807, 2.05) is 24.0 Å². The minimum atomic E-state index is -0.195. The van der Waals surface area contributed by atoms with Crippen molar-refractivity contribution in [3.05, 3.63) is 65.5 Å². The number of carbonyl (C=O) groups is 2. The Morgan fingerprint density at radius 3 is 2.42 bits per heavy atom. The first kappa shape index (κ1) is 20.2. The van der Waals surface area contributed by atoms with Gasteiger partial charge in [0, 0.05) is 31.5 Å². The van der Waals surface area contributed by atoms with Crippen molar-refractivity contribution in [2.45, 2.75) is 64.0 Å². The van der Waals surface area contributed by atoms with Crippen molar-refractivity contribution in [2.24, 2.45) is 5.41 Å². The van der Waals surface area contributed by atoms with E-state index in [4.69, 9.17) is 0 Å². The molecule has 31 heavy (non-hydrogen) atoms. The van der Waals surface area contributed by atoms with Crippen LogP contribution in [-0.2, 0) is 4.79 Å². The van der Waals surface area contributed by atoms with Gasteiger partial charge in [0.1, 0.15) is 0 Å². The number of piperidine rings is 1. The topological polar surface area (TPSA) is 53.5 Å². The maximum atomic E-state index is 13.5. The Hall–Kier alpha value is -2.69. The molecule has 5 nitrogen and oxygen atoms in total. The summed E-state index contributed by atoms with van der Waals surface area (Å²) >= 11 is 0. The van der Waals surface area contributed by atoms with Gasteiger partial charge in [0.05, 0.1) is 17.0 Å². The molecule has 2 aliphatic heterocycles. The Balaban J connectivity index is 1.33. The molecular weight excluding hydrogens is 386 g/mol. The van der Waals surface area contributed by atoms with Crippen molar-refractivity contribution in [1.29, 1.82) is 0 Å². The molecule has 3 aliphatic rings. The molecule has 2 aromatic rings. The predicted molar refractivity (Wildman–Crippen MR) is 119 cm³/mol. The molecule has 1 unspecified atom stereocenters. The largest absolute Gasteiger partial charge is 0.338 e. The molecule has 3 fully saturated rings. The number of rotatable bonds is 3. The standard InChI is InChI=1S/C26H31N3O2/c1-19-10-15-27-18-22(19)24(30)28-16-11-21(12-17-28)29-23(20-8-4-2-5-9-20)26(25(29)31)13-6-3-7-14-26/h2,4-5,8-10,15,18,21,23H,3,6-7,11-14,16-17H2,1H3. The van der Waals surface area contributed by atoms with Gasteiger partial charge in [0.15, 0.2) is 0 Å². The summed E-state index contributed by atoms with van der Waals surface area (Å²) in [6, 6.07) is 12.9. The molecule has 1 aromatic carbocycles. The molecule has 0 radical (unpaired) electrons. The molecule has 5 heteroatoms. The van der Waals surface area contributed by atoms with Crippen molar-refractivity contribution in [3.8, 4) is 0 Å². The summed E-state index contributed by atoms with van der Waals surface area (Å²) in [5.41, 5.74) is 2.72. The maximum absolute atomic E-state index is 13.5. The minimum absolute atomic E-state index is 0.0577. The SMILES string of the molecule is Cc1ccncc1C(=O)N1CCC(N2C(=O)C3(CCCCC3)C2c2ccccc2)CC1. The Morgan fingerprint density at radius 2 is 1.74 bits per heavy atom. The molecule has 1 atom stereocenters. The lowest BCUT2D eigenvalue weighted by atomic mass is 9.59. The highest BCUT2D eigenvalue weighted by molar-refractivity contribution is 5.95. The van der Waals surface area contributed by atoms with E-state index in [0.717, 1.165) is 44.1 Å². The van der Waals surface area contributed by atoms with Crippen LogP contribution in [0.3, 0.4) is 0 Å². The molecule has 1 saturated carbocycles. The van der Waals surface area contributed by atoms with Crippen molar-refractivity contribution >= 4 is 11.8 Å². The summed E-state index contributed by atoms with van der Waals surface area (Å²) in [5.74, 6) is 0.413. The van der Waals surface area contributed by atoms with Crippen LogP contribution in [0.4, 0.5) is 0 Å². The number of aromatic nitrogens is 1. The van der Waals surface area contributed by atoms with Gasteiger partial charge < -0.3 is 9.80 Å². The van der Waals surface area contributed by atoms with Crippen LogP contribution >= 0.6 is 0 Å². The second-order valence-electron chi connectivity index (χ2n) is 9.46. The smallest absolute Gasteiger partial charge is 0.255 e. The van der Waals surface area contributed by atoms with Crippen LogP contribution in [0.25, 0.3) is 0 Å². The zero-order valence-corrected chi connectivity index (χ0v) is 18.3. The molecule has 2 amide bonds. The Morgan fingerprint density at radius 1 is 1.03 bits per heavy atom. The summed E-state index contributed by atoms with van der Waals surface area (Å²) in [4.78, 5) is 34.8. The lowest BCUT2D eigenvalue weighted by Crippen LogP contribution is -2.67. The zero-order chi connectivity index (χ0) is 21.4. The second-order valence-corrected chi connectivity index (χ2v) is 9.46. The number of carbonyl (C=O) groups excluding carboxylic acids is 2. The Bertz CT molecular complexity index is 960. The Labute approximate surface area is 184 Å². The van der Waals surface area contributed by atoms with Crippen LogP contribution in [0.2, 0.25) is 0 Å². The van der Waals surface area contributed by atoms with Crippen molar-refractivity contribution in [2.75, 3.05) is 13.1 Å². The van der Waals surface area contributed by atoms with E-state index in [-0.39, 0.29) is 23.4 Å². The summed E-state index contributed by atoms with van der Waals surface area (Å²) < 4.78 is 0. The van der Waals surface area contributed by atoms with Gasteiger partial charge in [0.25, 0.3) is 5.91 Å². The molecule has 1 aromatic heterocycles. The lowest BCUT2D eigenvalue weighted by molar-refractivity contribution is -0.186. The van der Waals surface area contributed by atoms with E-state index in [1.54, 1.807) is 12.4 Å². The van der Waals surface area contributed by atoms with Crippen LogP contribution in [0.15, 0.2) is 48.8 Å². The molecule has 5 rings (SSSR count). The maximum Gasteiger partial charge on any atom is 0.255 e. The summed E-state index contributed by atoms with van der Waals surface area (Å²) in [7, 11) is 0. The summed E-state index contributed by atoms with van der Waals surface area (Å²) in [6.45, 7) is 3.33. The van der Waals surface area contributed by atoms with Gasteiger partial charge in [-0.25, -0.2) is 0 Å². The predicted octanol–water partition coefficient (Wildman–Crippen LogP) is 4.53. The van der Waals surface area contributed by atoms with Crippen LogP contribution in [0.5, 0.6) is 0 Å². The lowest BCUT2D eigenvalue weighted by Gasteiger charge is -2.61. The van der Waals surface area contributed by atoms with Crippen LogP contribution in [0.1, 0.15) is 72.5 Å². The van der Waals surface area contributed by atoms with Crippen molar-refractivity contribution < 1.29 is 9.59 Å². The second kappa shape index (κ2) is 8.10. The fourth-order valence-corrected chi connectivity index (χ4v) is 6.06. The molecule has 0 bridgehead atoms. The molecule has 162 valence electrons. The van der Waals surface area contributed by atoms with Crippen LogP contribution in [-0.4, -0.2) is 45.7 Å². The van der Waals surface area contributed by atoms with E-state index < -0.39 is 0 Å². The van der Waals surface area contributed by atoms with Gasteiger partial charge in [-0.15, -0.1) is 0 Å². The van der Waals surface area contributed by atoms with Gasteiger partial charge in [-0.2, -0.15) is 0 Å². The normalized spacial score (nSPS) is 23.6. The average Bonchev–Trinajstić information content (AvgIpc) is 2.83. The number of likely N-dealkylation sites (tertiary alicyclic amines) is 2. The average molecular weight is 418 g/mol. The van der Waals surface area contributed by atoms with Gasteiger partial charge in [0.2, 0.25) is 5.91 Å². The van der Waals surface area contributed by atoms with E-state index in [0.29, 0.717) is 24.6 Å². The summed E-state index contributed by atoms with van der Waals surface area (Å²) in [6.07, 6.45) is 10.6. The third kappa shape index (κ3) is 3.35. The molecular formula is C26H31N3O2. The minimum Gasteiger partial charge on any atom is -0.338 e. The number of aryl methyl sites for hydroxylation is 1. The first-order valence-electron chi connectivity index (χ1n) is 11.7. The van der Waals surface area contributed by atoms with Gasteiger partial charge in [-0.1, -0.05) is 49.6 Å². The Kier molecular flexibility index (Phi) is 5.28. The van der Waals surface area contributed by atoms with E-state index in [1.165, 1.54) is 12.0 Å². The fourth-order valence-electron chi connectivity index (χ4n) is 6.06. The highest BCUT2D eigenvalue weighted by Crippen LogP contribution is 2.59. The zero-order valence-electron chi connectivity index (χ0n) is 18.3. The number of β-lactam (4-membered cyclic amide) rings is 1. The number of pyridine rings is 1. The van der Waals surface area contributed by atoms with Gasteiger partial charge in [-0.05, 0) is 49.8 Å².